The van der Waals surface area contributed by atoms with Crippen molar-refractivity contribution >= 4 is 5.91 Å². The second kappa shape index (κ2) is 5.93. The van der Waals surface area contributed by atoms with Crippen LogP contribution in [0.2, 0.25) is 0 Å². The van der Waals surface area contributed by atoms with Gasteiger partial charge in [-0.1, -0.05) is 6.42 Å². The first-order chi connectivity index (χ1) is 9.72. The van der Waals surface area contributed by atoms with E-state index < -0.39 is 0 Å². The summed E-state index contributed by atoms with van der Waals surface area (Å²) in [6, 6.07) is -0.195. The maximum atomic E-state index is 12.2. The van der Waals surface area contributed by atoms with E-state index in [1.165, 1.54) is 0 Å². The molecule has 1 aliphatic heterocycles. The van der Waals surface area contributed by atoms with Gasteiger partial charge in [0.25, 0.3) is 0 Å². The standard InChI is InChI=1S/C14H22N4O2/c19-10-3-1-2-9(4-10)6-16-14(20)12-5-11-13(7-15-12)18-8-17-11/h8-10,12,15,19H,1-7H2,(H,16,20)(H,17,18). The molecule has 3 atom stereocenters. The summed E-state index contributed by atoms with van der Waals surface area (Å²) < 4.78 is 0. The Hall–Kier alpha value is -1.40. The van der Waals surface area contributed by atoms with Crippen molar-refractivity contribution in [3.63, 3.8) is 0 Å². The lowest BCUT2D eigenvalue weighted by atomic mass is 9.87. The highest BCUT2D eigenvalue weighted by Gasteiger charge is 2.27. The Balaban J connectivity index is 1.48. The van der Waals surface area contributed by atoms with Gasteiger partial charge in [-0.3, -0.25) is 10.1 Å². The van der Waals surface area contributed by atoms with Crippen molar-refractivity contribution in [2.24, 2.45) is 5.92 Å². The second-order valence-corrected chi connectivity index (χ2v) is 5.90. The van der Waals surface area contributed by atoms with Crippen molar-refractivity contribution in [1.82, 2.24) is 20.6 Å². The largest absolute Gasteiger partial charge is 0.393 e. The molecule has 3 rings (SSSR count). The van der Waals surface area contributed by atoms with E-state index in [1.807, 2.05) is 0 Å². The number of nitrogens with one attached hydrogen (secondary N) is 3. The molecule has 4 N–H and O–H groups in total. The Morgan fingerprint density at radius 1 is 1.50 bits per heavy atom. The number of H-pyrrole nitrogens is 1. The van der Waals surface area contributed by atoms with E-state index in [0.29, 0.717) is 25.4 Å². The van der Waals surface area contributed by atoms with Crippen LogP contribution in [0.15, 0.2) is 6.33 Å². The Morgan fingerprint density at radius 3 is 3.25 bits per heavy atom. The molecule has 6 nitrogen and oxygen atoms in total. The van der Waals surface area contributed by atoms with Crippen LogP contribution in [0.3, 0.4) is 0 Å². The van der Waals surface area contributed by atoms with Gasteiger partial charge in [0.1, 0.15) is 0 Å². The zero-order valence-corrected chi connectivity index (χ0v) is 11.6. The summed E-state index contributed by atoms with van der Waals surface area (Å²) in [5.74, 6) is 0.450. The molecule has 2 aliphatic rings. The molecular weight excluding hydrogens is 256 g/mol. The lowest BCUT2D eigenvalue weighted by molar-refractivity contribution is -0.123. The topological polar surface area (TPSA) is 90.0 Å². The first kappa shape index (κ1) is 13.6. The predicted molar refractivity (Wildman–Crippen MR) is 73.9 cm³/mol. The van der Waals surface area contributed by atoms with Crippen molar-refractivity contribution in [2.45, 2.75) is 50.8 Å². The number of aromatic nitrogens is 2. The molecule has 1 aliphatic carbocycles. The summed E-state index contributed by atoms with van der Waals surface area (Å²) in [6.45, 7) is 1.33. The summed E-state index contributed by atoms with van der Waals surface area (Å²) in [6.07, 6.45) is 5.98. The smallest absolute Gasteiger partial charge is 0.237 e. The Bertz CT molecular complexity index is 473. The number of fused-ring (bicyclic) bond motifs is 1. The fraction of sp³-hybridized carbons (Fsp3) is 0.714. The quantitative estimate of drug-likeness (QED) is 0.631. The van der Waals surface area contributed by atoms with Crippen LogP contribution in [0.25, 0.3) is 0 Å². The van der Waals surface area contributed by atoms with Crippen molar-refractivity contribution in [1.29, 1.82) is 0 Å². The molecule has 1 saturated carbocycles. The molecular formula is C14H22N4O2. The first-order valence-electron chi connectivity index (χ1n) is 7.42. The number of hydrogen-bond donors (Lipinski definition) is 4. The molecule has 0 saturated heterocycles. The third-order valence-electron chi connectivity index (χ3n) is 4.37. The van der Waals surface area contributed by atoms with Crippen LogP contribution >= 0.6 is 0 Å². The maximum absolute atomic E-state index is 12.2. The van der Waals surface area contributed by atoms with Crippen LogP contribution in [0.1, 0.15) is 37.1 Å². The molecule has 3 unspecified atom stereocenters. The van der Waals surface area contributed by atoms with Gasteiger partial charge in [0.05, 0.1) is 29.9 Å². The average molecular weight is 278 g/mol. The summed E-state index contributed by atoms with van der Waals surface area (Å²) in [5.41, 5.74) is 2.06. The third-order valence-corrected chi connectivity index (χ3v) is 4.37. The van der Waals surface area contributed by atoms with Gasteiger partial charge in [0.2, 0.25) is 5.91 Å². The summed E-state index contributed by atoms with van der Waals surface area (Å²) in [5, 5.41) is 15.9. The lowest BCUT2D eigenvalue weighted by Crippen LogP contribution is -2.49. The fourth-order valence-electron chi connectivity index (χ4n) is 3.17. The number of amides is 1. The normalized spacial score (nSPS) is 29.8. The Labute approximate surface area is 118 Å². The van der Waals surface area contributed by atoms with Gasteiger partial charge in [0, 0.05) is 19.5 Å². The fourth-order valence-corrected chi connectivity index (χ4v) is 3.17. The van der Waals surface area contributed by atoms with E-state index in [2.05, 4.69) is 20.6 Å². The van der Waals surface area contributed by atoms with Crippen LogP contribution in [0, 0.1) is 5.92 Å². The van der Waals surface area contributed by atoms with E-state index in [1.54, 1.807) is 6.33 Å². The average Bonchev–Trinajstić information content (AvgIpc) is 2.92. The number of aliphatic hydroxyl groups excluding tert-OH is 1. The van der Waals surface area contributed by atoms with Gasteiger partial charge in [-0.25, -0.2) is 4.98 Å². The number of aliphatic hydroxyl groups is 1. The van der Waals surface area contributed by atoms with Crippen molar-refractivity contribution < 1.29 is 9.90 Å². The predicted octanol–water partition coefficient (Wildman–Crippen LogP) is 0.0913. The highest BCUT2D eigenvalue weighted by Crippen LogP contribution is 2.23. The molecule has 20 heavy (non-hydrogen) atoms. The van der Waals surface area contributed by atoms with Gasteiger partial charge in [-0.2, -0.15) is 0 Å². The molecule has 0 radical (unpaired) electrons. The highest BCUT2D eigenvalue weighted by molar-refractivity contribution is 5.82. The SMILES string of the molecule is O=C(NCC1CCCC(O)C1)C1Cc2nc[nH]c2CN1. The van der Waals surface area contributed by atoms with Gasteiger partial charge in [-0.15, -0.1) is 0 Å². The van der Waals surface area contributed by atoms with Crippen LogP contribution in [-0.2, 0) is 17.8 Å². The zero-order valence-electron chi connectivity index (χ0n) is 11.6. The van der Waals surface area contributed by atoms with Crippen molar-refractivity contribution in [3.8, 4) is 0 Å². The van der Waals surface area contributed by atoms with E-state index in [0.717, 1.165) is 37.1 Å². The van der Waals surface area contributed by atoms with Crippen molar-refractivity contribution in [3.05, 3.63) is 17.7 Å². The number of carbonyl (C=O) groups excluding carboxylic acids is 1. The number of hydrogen-bond acceptors (Lipinski definition) is 4. The lowest BCUT2D eigenvalue weighted by Gasteiger charge is -2.27. The van der Waals surface area contributed by atoms with Gasteiger partial charge >= 0.3 is 0 Å². The zero-order chi connectivity index (χ0) is 13.9. The van der Waals surface area contributed by atoms with Gasteiger partial charge in [-0.05, 0) is 25.2 Å². The summed E-state index contributed by atoms with van der Waals surface area (Å²) in [7, 11) is 0. The summed E-state index contributed by atoms with van der Waals surface area (Å²) in [4.78, 5) is 19.5. The molecule has 1 aromatic heterocycles. The summed E-state index contributed by atoms with van der Waals surface area (Å²) >= 11 is 0. The van der Waals surface area contributed by atoms with E-state index in [9.17, 15) is 9.90 Å². The molecule has 1 amide bonds. The maximum Gasteiger partial charge on any atom is 0.237 e. The van der Waals surface area contributed by atoms with E-state index in [-0.39, 0.29) is 18.1 Å². The minimum absolute atomic E-state index is 0.0405. The Morgan fingerprint density at radius 2 is 2.40 bits per heavy atom. The molecule has 1 fully saturated rings. The van der Waals surface area contributed by atoms with E-state index in [4.69, 9.17) is 0 Å². The van der Waals surface area contributed by atoms with Crippen LogP contribution in [0.5, 0.6) is 0 Å². The Kier molecular flexibility index (Phi) is 4.03. The van der Waals surface area contributed by atoms with Crippen LogP contribution in [-0.4, -0.2) is 39.7 Å². The number of nitrogens with zero attached hydrogens (tertiary/aromatic N) is 1. The van der Waals surface area contributed by atoms with Gasteiger partial charge < -0.3 is 15.4 Å². The third kappa shape index (κ3) is 3.02. The molecule has 1 aromatic rings. The van der Waals surface area contributed by atoms with Crippen molar-refractivity contribution in [2.75, 3.05) is 6.54 Å². The van der Waals surface area contributed by atoms with Crippen LogP contribution < -0.4 is 10.6 Å². The number of aromatic amines is 1. The molecule has 0 aromatic carbocycles. The minimum atomic E-state index is -0.195. The molecule has 2 heterocycles. The monoisotopic (exact) mass is 278 g/mol. The van der Waals surface area contributed by atoms with Crippen LogP contribution in [0.4, 0.5) is 0 Å². The molecule has 110 valence electrons. The molecule has 0 bridgehead atoms. The number of rotatable bonds is 3. The second-order valence-electron chi connectivity index (χ2n) is 5.90. The molecule has 0 spiro atoms. The number of carbonyl (C=O) groups is 1. The number of imidazole rings is 1. The van der Waals surface area contributed by atoms with Gasteiger partial charge in [0.15, 0.2) is 0 Å². The highest BCUT2D eigenvalue weighted by atomic mass is 16.3. The first-order valence-corrected chi connectivity index (χ1v) is 7.42. The molecule has 6 heteroatoms. The minimum Gasteiger partial charge on any atom is -0.393 e. The van der Waals surface area contributed by atoms with E-state index >= 15 is 0 Å².